The summed E-state index contributed by atoms with van der Waals surface area (Å²) in [5.74, 6) is -4.84. The average molecular weight is 1140 g/mol. The Bertz CT molecular complexity index is 2640. The molecule has 0 bridgehead atoms. The first-order valence-electron chi connectivity index (χ1n) is 25.6. The van der Waals surface area contributed by atoms with Crippen LogP contribution in [0.3, 0.4) is 0 Å². The van der Waals surface area contributed by atoms with Crippen LogP contribution in [0, 0.1) is 22.7 Å². The van der Waals surface area contributed by atoms with Crippen LogP contribution >= 0.6 is 11.6 Å². The molecule has 432 valence electrons. The molecule has 21 heteroatoms. The van der Waals surface area contributed by atoms with Crippen LogP contribution in [-0.2, 0) is 38.3 Å². The Hall–Kier alpha value is -7.84. The highest BCUT2D eigenvalue weighted by Crippen LogP contribution is 2.22. The maximum atomic E-state index is 12.4. The van der Waals surface area contributed by atoms with Crippen LogP contribution in [0.2, 0.25) is 0 Å². The summed E-state index contributed by atoms with van der Waals surface area (Å²) < 4.78 is 36.5. The number of ether oxygens (including phenoxy) is 1. The second kappa shape index (κ2) is 34.2. The van der Waals surface area contributed by atoms with E-state index in [2.05, 4.69) is 5.32 Å². The van der Waals surface area contributed by atoms with Gasteiger partial charge in [0.1, 0.15) is 0 Å². The maximum Gasteiger partial charge on any atom is 0.490 e. The molecule has 0 unspecified atom stereocenters. The van der Waals surface area contributed by atoms with E-state index in [4.69, 9.17) is 31.3 Å². The zero-order valence-corrected chi connectivity index (χ0v) is 46.4. The number of allylic oxidation sites excluding steroid dienone is 2. The normalized spacial score (nSPS) is 15.7. The van der Waals surface area contributed by atoms with Crippen molar-refractivity contribution in [3.8, 4) is 0 Å². The zero-order valence-electron chi connectivity index (χ0n) is 45.7. The summed E-state index contributed by atoms with van der Waals surface area (Å²) in [7, 11) is 0. The van der Waals surface area contributed by atoms with E-state index >= 15 is 0 Å². The molecule has 2 saturated heterocycles. The van der Waals surface area contributed by atoms with E-state index in [1.165, 1.54) is 28.0 Å². The monoisotopic (exact) mass is 1130 g/mol. The number of esters is 2. The number of nitrogens with one attached hydrogen (secondary N) is 1. The number of hydrogen-bond donors (Lipinski definition) is 3. The molecule has 7 rings (SSSR count). The Morgan fingerprint density at radius 3 is 1.30 bits per heavy atom. The average Bonchev–Trinajstić information content (AvgIpc) is 3.43. The SMILES string of the molecule is CC(C)(C)C(=O)Cl.CC(C)(C)C(=O)OC(=O)c1ccccc1.O=C(O)C(F)(F)F.O=C(O)c1ccccc1.O=C(c1ccccc1)N1CCC(/C=C/C(=O)N2CCC=CC2=O)CC1.O=C1C=CCCN1C(=O)/C=C/C1CCNCC1. The van der Waals surface area contributed by atoms with Gasteiger partial charge in [-0.1, -0.05) is 99.7 Å². The molecule has 0 saturated carbocycles. The predicted octanol–water partition coefficient (Wildman–Crippen LogP) is 9.50. The fourth-order valence-corrected chi connectivity index (χ4v) is 6.78. The van der Waals surface area contributed by atoms with Crippen LogP contribution in [0.5, 0.6) is 0 Å². The molecule has 4 aliphatic heterocycles. The van der Waals surface area contributed by atoms with Crippen molar-refractivity contribution in [3.05, 3.63) is 156 Å². The smallest absolute Gasteiger partial charge is 0.478 e. The molecule has 2 fully saturated rings. The van der Waals surface area contributed by atoms with Crippen LogP contribution in [0.1, 0.15) is 111 Å². The van der Waals surface area contributed by atoms with Gasteiger partial charge in [0.15, 0.2) is 0 Å². The van der Waals surface area contributed by atoms with Gasteiger partial charge in [-0.2, -0.15) is 13.2 Å². The highest BCUT2D eigenvalue weighted by atomic mass is 35.5. The molecular weight excluding hydrogens is 1070 g/mol. The fourth-order valence-electron chi connectivity index (χ4n) is 6.78. The summed E-state index contributed by atoms with van der Waals surface area (Å²) in [6.45, 7) is 14.8. The lowest BCUT2D eigenvalue weighted by Crippen LogP contribution is -2.38. The minimum atomic E-state index is -5.08. The number of imide groups is 2. The topological polar surface area (TPSA) is 242 Å². The maximum absolute atomic E-state index is 12.4. The highest BCUT2D eigenvalue weighted by molar-refractivity contribution is 6.64. The van der Waals surface area contributed by atoms with Crippen molar-refractivity contribution >= 4 is 70.3 Å². The number of carboxylic acid groups (broad SMARTS) is 2. The molecule has 80 heavy (non-hydrogen) atoms. The van der Waals surface area contributed by atoms with Gasteiger partial charge in [0, 0.05) is 37.2 Å². The van der Waals surface area contributed by atoms with E-state index in [1.807, 2.05) is 53.5 Å². The summed E-state index contributed by atoms with van der Waals surface area (Å²) in [5, 5.41) is 18.5. The number of hydrogen-bond acceptors (Lipinski definition) is 12. The fraction of sp³-hybridized carbons (Fsp3) is 0.390. The molecule has 0 aliphatic carbocycles. The first-order valence-corrected chi connectivity index (χ1v) is 26.0. The number of piperidine rings is 2. The van der Waals surface area contributed by atoms with Crippen molar-refractivity contribution < 1.29 is 76.1 Å². The lowest BCUT2D eigenvalue weighted by molar-refractivity contribution is -0.192. The molecule has 3 aromatic rings. The van der Waals surface area contributed by atoms with Crippen LogP contribution in [-0.4, -0.2) is 129 Å². The number of aliphatic carboxylic acids is 1. The number of carbonyl (C=O) groups excluding carboxylic acids is 8. The molecule has 4 heterocycles. The number of alkyl halides is 3. The first kappa shape index (κ1) is 68.3. The van der Waals surface area contributed by atoms with Gasteiger partial charge in [-0.25, -0.2) is 14.4 Å². The van der Waals surface area contributed by atoms with Gasteiger partial charge in [-0.05, 0) is 157 Å². The minimum Gasteiger partial charge on any atom is -0.478 e. The second-order valence-electron chi connectivity index (χ2n) is 20.1. The molecule has 17 nitrogen and oxygen atoms in total. The van der Waals surface area contributed by atoms with Crippen molar-refractivity contribution in [3.63, 3.8) is 0 Å². The summed E-state index contributed by atoms with van der Waals surface area (Å²) in [4.78, 5) is 116. The van der Waals surface area contributed by atoms with Gasteiger partial charge in [0.05, 0.1) is 16.5 Å². The number of carbonyl (C=O) groups is 10. The Morgan fingerprint density at radius 2 is 0.963 bits per heavy atom. The molecule has 0 spiro atoms. The standard InChI is InChI=1S/C20H22N2O3.C13H18N2O2.C12H14O3.C7H6O2.C5H9ClO.C2HF3O2/c23-18-8-4-5-13-22(18)19(24)10-9-16-11-14-21(15-12-16)20(25)17-6-2-1-3-7-17;16-12-3-1-2-10-15(12)13(17)5-4-11-6-8-14-9-7-11;1-12(2,3)11(14)15-10(13)9-7-5-4-6-8-9;8-7(9)6-4-2-1-3-5-6;1-5(2,3)4(6)7;3-2(4,5)1(6)7/h1-4,6-10,16H,5,11-15H2;1,3-5,11,14H,2,6-10H2;4-8H,1-3H3;1-5H,(H,8,9);1-3H3;(H,6,7)/b10-9+;5-4+;;;;. The molecule has 3 aromatic carbocycles. The van der Waals surface area contributed by atoms with E-state index in [0.717, 1.165) is 45.2 Å². The molecule has 0 atom stereocenters. The molecule has 5 amide bonds. The number of halogens is 4. The Kier molecular flexibility index (Phi) is 29.2. The Labute approximate surface area is 469 Å². The summed E-state index contributed by atoms with van der Waals surface area (Å²) in [5.41, 5.74) is 0.391. The third-order valence-electron chi connectivity index (χ3n) is 11.5. The van der Waals surface area contributed by atoms with E-state index < -0.39 is 35.5 Å². The van der Waals surface area contributed by atoms with Crippen LogP contribution < -0.4 is 5.32 Å². The summed E-state index contributed by atoms with van der Waals surface area (Å²) >= 11 is 5.11. The van der Waals surface area contributed by atoms with Gasteiger partial charge in [0.2, 0.25) is 5.24 Å². The lowest BCUT2D eigenvalue weighted by Gasteiger charge is -2.31. The lowest BCUT2D eigenvalue weighted by atomic mass is 9.95. The molecule has 4 aliphatic rings. The third-order valence-corrected chi connectivity index (χ3v) is 12.1. The number of aromatic carboxylic acids is 1. The van der Waals surface area contributed by atoms with Crippen LogP contribution in [0.4, 0.5) is 13.2 Å². The predicted molar refractivity (Wildman–Crippen MR) is 294 cm³/mol. The van der Waals surface area contributed by atoms with Crippen LogP contribution in [0.25, 0.3) is 0 Å². The second-order valence-corrected chi connectivity index (χ2v) is 20.5. The van der Waals surface area contributed by atoms with Gasteiger partial charge >= 0.3 is 30.1 Å². The Morgan fingerprint density at radius 1 is 0.588 bits per heavy atom. The quantitative estimate of drug-likeness (QED) is 0.0864. The molecule has 3 N–H and O–H groups in total. The first-order chi connectivity index (χ1) is 37.5. The zero-order chi connectivity index (χ0) is 60.1. The number of amides is 5. The van der Waals surface area contributed by atoms with E-state index in [9.17, 15) is 56.3 Å². The van der Waals surface area contributed by atoms with E-state index in [1.54, 1.807) is 114 Å². The number of carboxylic acids is 2. The van der Waals surface area contributed by atoms with Gasteiger partial charge in [-0.15, -0.1) is 0 Å². The molecule has 0 radical (unpaired) electrons. The highest BCUT2D eigenvalue weighted by Gasteiger charge is 2.38. The molecular formula is C59H70ClF3N4O13. The summed E-state index contributed by atoms with van der Waals surface area (Å²) in [6.07, 6.45) is 13.6. The van der Waals surface area contributed by atoms with Gasteiger partial charge < -0.3 is 25.2 Å². The summed E-state index contributed by atoms with van der Waals surface area (Å²) in [6, 6.07) is 26.0. The number of benzene rings is 3. The van der Waals surface area contributed by atoms with Crippen molar-refractivity contribution in [1.29, 1.82) is 0 Å². The van der Waals surface area contributed by atoms with Crippen molar-refractivity contribution in [2.24, 2.45) is 22.7 Å². The minimum absolute atomic E-state index is 0.0600. The Balaban J connectivity index is 0.000000351. The van der Waals surface area contributed by atoms with Crippen molar-refractivity contribution in [2.45, 2.75) is 86.2 Å². The third kappa shape index (κ3) is 26.7. The number of rotatable bonds is 7. The van der Waals surface area contributed by atoms with Gasteiger partial charge in [0.25, 0.3) is 29.5 Å². The number of likely N-dealkylation sites (tertiary alicyclic amines) is 1. The van der Waals surface area contributed by atoms with E-state index in [-0.39, 0.29) is 46.1 Å². The molecule has 0 aromatic heterocycles. The van der Waals surface area contributed by atoms with Crippen molar-refractivity contribution in [1.82, 2.24) is 20.0 Å². The number of nitrogens with zero attached hydrogens (tertiary/aromatic N) is 3. The van der Waals surface area contributed by atoms with E-state index in [0.29, 0.717) is 55.2 Å². The van der Waals surface area contributed by atoms with Crippen LogP contribution in [0.15, 0.2) is 140 Å². The van der Waals surface area contributed by atoms with Gasteiger partial charge in [-0.3, -0.25) is 43.4 Å². The van der Waals surface area contributed by atoms with Crippen molar-refractivity contribution in [2.75, 3.05) is 39.3 Å². The largest absolute Gasteiger partial charge is 0.490 e.